The molecule has 18 heavy (non-hydrogen) atoms. The van der Waals surface area contributed by atoms with Crippen molar-refractivity contribution in [2.45, 2.75) is 12.5 Å². The van der Waals surface area contributed by atoms with E-state index in [1.54, 1.807) is 0 Å². The molecule has 0 saturated carbocycles. The molecule has 0 aromatic heterocycles. The van der Waals surface area contributed by atoms with E-state index in [4.69, 9.17) is 17.3 Å². The summed E-state index contributed by atoms with van der Waals surface area (Å²) in [6.45, 7) is 0.976. The zero-order chi connectivity index (χ0) is 12.5. The van der Waals surface area contributed by atoms with E-state index in [-0.39, 0.29) is 6.04 Å². The van der Waals surface area contributed by atoms with Gasteiger partial charge in [-0.25, -0.2) is 0 Å². The number of nitrogen functional groups attached to an aromatic ring is 1. The highest BCUT2D eigenvalue weighted by Crippen LogP contribution is 2.32. The van der Waals surface area contributed by atoms with Crippen LogP contribution in [0.25, 0.3) is 0 Å². The van der Waals surface area contributed by atoms with Crippen LogP contribution >= 0.6 is 11.6 Å². The minimum absolute atomic E-state index is 0.173. The maximum Gasteiger partial charge on any atom is 0.0599 e. The van der Waals surface area contributed by atoms with E-state index in [1.807, 2.05) is 18.2 Å². The van der Waals surface area contributed by atoms with E-state index in [2.05, 4.69) is 29.6 Å². The molecule has 1 atom stereocenters. The number of halogens is 1. The Kier molecular flexibility index (Phi) is 2.98. The Morgan fingerprint density at radius 2 is 1.94 bits per heavy atom. The minimum atomic E-state index is 0.173. The van der Waals surface area contributed by atoms with Crippen LogP contribution in [0.15, 0.2) is 42.5 Å². The number of hydrogen-bond acceptors (Lipinski definition) is 2. The molecule has 1 heterocycles. The van der Waals surface area contributed by atoms with Crippen molar-refractivity contribution in [1.82, 2.24) is 5.32 Å². The molecule has 2 aromatic rings. The molecule has 3 heteroatoms. The van der Waals surface area contributed by atoms with Gasteiger partial charge in [0.1, 0.15) is 0 Å². The molecule has 2 aromatic carbocycles. The lowest BCUT2D eigenvalue weighted by Gasteiger charge is -2.28. The average molecular weight is 259 g/mol. The first kappa shape index (κ1) is 11.6. The van der Waals surface area contributed by atoms with Gasteiger partial charge in [0.2, 0.25) is 0 Å². The summed E-state index contributed by atoms with van der Waals surface area (Å²) in [5, 5.41) is 4.21. The van der Waals surface area contributed by atoms with Crippen molar-refractivity contribution in [3.63, 3.8) is 0 Å². The van der Waals surface area contributed by atoms with Crippen LogP contribution in [-0.4, -0.2) is 6.54 Å². The minimum Gasteiger partial charge on any atom is -0.398 e. The zero-order valence-electron chi connectivity index (χ0n) is 9.99. The van der Waals surface area contributed by atoms with Gasteiger partial charge in [-0.15, -0.1) is 0 Å². The Labute approximate surface area is 112 Å². The lowest BCUT2D eigenvalue weighted by atomic mass is 9.89. The third-order valence-electron chi connectivity index (χ3n) is 3.47. The molecule has 2 nitrogen and oxygen atoms in total. The molecular formula is C15H15ClN2. The number of hydrogen-bond donors (Lipinski definition) is 2. The summed E-state index contributed by atoms with van der Waals surface area (Å²) in [5.74, 6) is 0. The summed E-state index contributed by atoms with van der Waals surface area (Å²) < 4.78 is 0. The van der Waals surface area contributed by atoms with Crippen molar-refractivity contribution in [3.05, 3.63) is 64.2 Å². The highest BCUT2D eigenvalue weighted by molar-refractivity contribution is 6.30. The second-order valence-electron chi connectivity index (χ2n) is 4.61. The van der Waals surface area contributed by atoms with Gasteiger partial charge in [-0.1, -0.05) is 41.9 Å². The van der Waals surface area contributed by atoms with Crippen LogP contribution in [-0.2, 0) is 6.42 Å². The van der Waals surface area contributed by atoms with Gasteiger partial charge in [-0.2, -0.15) is 0 Å². The average Bonchev–Trinajstić information content (AvgIpc) is 2.38. The van der Waals surface area contributed by atoms with Crippen molar-refractivity contribution >= 4 is 17.3 Å². The molecule has 0 spiro atoms. The number of nitrogens with two attached hydrogens (primary N) is 1. The van der Waals surface area contributed by atoms with Gasteiger partial charge < -0.3 is 11.1 Å². The van der Waals surface area contributed by atoms with E-state index >= 15 is 0 Å². The predicted molar refractivity (Wildman–Crippen MR) is 75.9 cm³/mol. The lowest BCUT2D eigenvalue weighted by Crippen LogP contribution is -2.31. The largest absolute Gasteiger partial charge is 0.398 e. The van der Waals surface area contributed by atoms with Crippen LogP contribution < -0.4 is 11.1 Å². The van der Waals surface area contributed by atoms with Crippen molar-refractivity contribution in [3.8, 4) is 0 Å². The molecule has 3 rings (SSSR count). The molecule has 0 saturated heterocycles. The zero-order valence-corrected chi connectivity index (χ0v) is 10.7. The fourth-order valence-corrected chi connectivity index (χ4v) is 2.77. The molecule has 0 bridgehead atoms. The van der Waals surface area contributed by atoms with E-state index in [1.165, 1.54) is 11.1 Å². The monoisotopic (exact) mass is 258 g/mol. The molecule has 0 aliphatic carbocycles. The maximum absolute atomic E-state index is 6.08. The number of benzene rings is 2. The number of anilines is 1. The second-order valence-corrected chi connectivity index (χ2v) is 5.05. The van der Waals surface area contributed by atoms with Gasteiger partial charge in [-0.05, 0) is 35.2 Å². The Balaban J connectivity index is 2.08. The SMILES string of the molecule is Nc1cc(Cl)ccc1C1NCCc2ccccc21. The van der Waals surface area contributed by atoms with Crippen molar-refractivity contribution in [2.24, 2.45) is 0 Å². The lowest BCUT2D eigenvalue weighted by molar-refractivity contribution is 0.569. The Hall–Kier alpha value is -1.51. The summed E-state index contributed by atoms with van der Waals surface area (Å²) in [4.78, 5) is 0. The van der Waals surface area contributed by atoms with E-state index < -0.39 is 0 Å². The van der Waals surface area contributed by atoms with Gasteiger partial charge in [-0.3, -0.25) is 0 Å². The van der Waals surface area contributed by atoms with Gasteiger partial charge in [0, 0.05) is 17.3 Å². The highest BCUT2D eigenvalue weighted by atomic mass is 35.5. The van der Waals surface area contributed by atoms with Crippen LogP contribution in [0.1, 0.15) is 22.7 Å². The molecule has 92 valence electrons. The normalized spacial score (nSPS) is 18.4. The van der Waals surface area contributed by atoms with Crippen molar-refractivity contribution < 1.29 is 0 Å². The first-order valence-electron chi connectivity index (χ1n) is 6.12. The van der Waals surface area contributed by atoms with E-state index in [0.717, 1.165) is 24.2 Å². The Bertz CT molecular complexity index is 580. The Morgan fingerprint density at radius 1 is 1.11 bits per heavy atom. The first-order valence-corrected chi connectivity index (χ1v) is 6.49. The van der Waals surface area contributed by atoms with Crippen LogP contribution in [0, 0.1) is 0 Å². The molecule has 0 radical (unpaired) electrons. The molecule has 3 N–H and O–H groups in total. The molecule has 1 unspecified atom stereocenters. The maximum atomic E-state index is 6.08. The molecule has 1 aliphatic heterocycles. The standard InChI is InChI=1S/C15H15ClN2/c16-11-5-6-13(14(17)9-11)15-12-4-2-1-3-10(12)7-8-18-15/h1-6,9,15,18H,7-8,17H2. The van der Waals surface area contributed by atoms with Crippen LogP contribution in [0.3, 0.4) is 0 Å². The first-order chi connectivity index (χ1) is 8.75. The fraction of sp³-hybridized carbons (Fsp3) is 0.200. The summed E-state index contributed by atoms with van der Waals surface area (Å²) in [7, 11) is 0. The fourth-order valence-electron chi connectivity index (χ4n) is 2.59. The number of nitrogens with one attached hydrogen (secondary N) is 1. The van der Waals surface area contributed by atoms with Crippen molar-refractivity contribution in [2.75, 3.05) is 12.3 Å². The number of rotatable bonds is 1. The van der Waals surface area contributed by atoms with E-state index in [0.29, 0.717) is 5.02 Å². The van der Waals surface area contributed by atoms with Crippen molar-refractivity contribution in [1.29, 1.82) is 0 Å². The molecule has 0 amide bonds. The summed E-state index contributed by atoms with van der Waals surface area (Å²) in [5.41, 5.74) is 10.7. The van der Waals surface area contributed by atoms with Crippen LogP contribution in [0.4, 0.5) is 5.69 Å². The smallest absolute Gasteiger partial charge is 0.0599 e. The number of fused-ring (bicyclic) bond motifs is 1. The molecule has 0 fully saturated rings. The summed E-state index contributed by atoms with van der Waals surface area (Å²) >= 11 is 5.96. The van der Waals surface area contributed by atoms with Gasteiger partial charge >= 0.3 is 0 Å². The summed E-state index contributed by atoms with van der Waals surface area (Å²) in [6.07, 6.45) is 1.07. The van der Waals surface area contributed by atoms with Gasteiger partial charge in [0.15, 0.2) is 0 Å². The highest BCUT2D eigenvalue weighted by Gasteiger charge is 2.22. The van der Waals surface area contributed by atoms with Crippen LogP contribution in [0.2, 0.25) is 5.02 Å². The topological polar surface area (TPSA) is 38.0 Å². The predicted octanol–water partition coefficient (Wildman–Crippen LogP) is 3.16. The summed E-state index contributed by atoms with van der Waals surface area (Å²) in [6, 6.07) is 14.4. The molecular weight excluding hydrogens is 244 g/mol. The van der Waals surface area contributed by atoms with E-state index in [9.17, 15) is 0 Å². The second kappa shape index (κ2) is 4.63. The third kappa shape index (κ3) is 1.98. The Morgan fingerprint density at radius 3 is 2.78 bits per heavy atom. The third-order valence-corrected chi connectivity index (χ3v) is 3.70. The van der Waals surface area contributed by atoms with Gasteiger partial charge in [0.25, 0.3) is 0 Å². The quantitative estimate of drug-likeness (QED) is 0.771. The van der Waals surface area contributed by atoms with Crippen LogP contribution in [0.5, 0.6) is 0 Å². The van der Waals surface area contributed by atoms with Gasteiger partial charge in [0.05, 0.1) is 6.04 Å². The molecule has 1 aliphatic rings.